The monoisotopic (exact) mass is 396 g/mol. The van der Waals surface area contributed by atoms with E-state index in [9.17, 15) is 4.79 Å². The first kappa shape index (κ1) is 19.4. The molecule has 0 spiro atoms. The predicted molar refractivity (Wildman–Crippen MR) is 111 cm³/mol. The lowest BCUT2D eigenvalue weighted by molar-refractivity contribution is -0.128. The number of hydrogen-bond acceptors (Lipinski definition) is 6. The highest BCUT2D eigenvalue weighted by atomic mass is 16.2. The van der Waals surface area contributed by atoms with Crippen LogP contribution in [0.25, 0.3) is 22.6 Å². The second-order valence-electron chi connectivity index (χ2n) is 8.09. The van der Waals surface area contributed by atoms with Crippen LogP contribution in [-0.4, -0.2) is 59.2 Å². The van der Waals surface area contributed by atoms with Crippen molar-refractivity contribution in [1.29, 1.82) is 0 Å². The summed E-state index contributed by atoms with van der Waals surface area (Å²) in [6, 6.07) is 0.0226. The minimum atomic E-state index is 0.0226. The fourth-order valence-corrected chi connectivity index (χ4v) is 4.01. The molecule has 1 unspecified atom stereocenters. The molecule has 0 aromatic carbocycles. The van der Waals surface area contributed by atoms with E-state index in [2.05, 4.69) is 41.2 Å². The largest absolute Gasteiger partial charge is 0.363 e. The lowest BCUT2D eigenvalue weighted by Gasteiger charge is -2.19. The standard InChI is InChI=1S/C20H28N8O/c1-6-28-13(4)15(8-23-28)19-25-17-18(21-11-22-20(17)26(19)5)24-14-7-16(29)27(10-14)9-12(2)3/h8,11-12,14H,6-7,9-10H2,1-5H3,(H,21,22,24). The molecule has 29 heavy (non-hydrogen) atoms. The smallest absolute Gasteiger partial charge is 0.224 e. The SMILES string of the molecule is CCn1ncc(-c2nc3c(NC4CC(=O)N(CC(C)C)C4)ncnc3n2C)c1C. The van der Waals surface area contributed by atoms with Crippen molar-refractivity contribution in [1.82, 2.24) is 34.2 Å². The van der Waals surface area contributed by atoms with Gasteiger partial charge in [0.1, 0.15) is 12.2 Å². The first-order valence-corrected chi connectivity index (χ1v) is 10.1. The number of aryl methyl sites for hydroxylation is 2. The lowest BCUT2D eigenvalue weighted by Crippen LogP contribution is -2.31. The number of anilines is 1. The van der Waals surface area contributed by atoms with Crippen LogP contribution in [0.15, 0.2) is 12.5 Å². The van der Waals surface area contributed by atoms with Crippen LogP contribution in [0.1, 0.15) is 32.9 Å². The van der Waals surface area contributed by atoms with Crippen LogP contribution in [0, 0.1) is 12.8 Å². The van der Waals surface area contributed by atoms with Crippen molar-refractivity contribution in [3.8, 4) is 11.4 Å². The summed E-state index contributed by atoms with van der Waals surface area (Å²) in [5, 5.41) is 7.87. The number of imidazole rings is 1. The molecule has 0 aliphatic carbocycles. The number of hydrogen-bond donors (Lipinski definition) is 1. The third-order valence-corrected chi connectivity index (χ3v) is 5.44. The molecule has 1 N–H and O–H groups in total. The molecule has 1 saturated heterocycles. The van der Waals surface area contributed by atoms with Crippen LogP contribution >= 0.6 is 0 Å². The Balaban J connectivity index is 1.65. The van der Waals surface area contributed by atoms with E-state index in [1.807, 2.05) is 34.3 Å². The molecule has 3 aromatic rings. The Labute approximate surface area is 170 Å². The molecule has 1 aliphatic heterocycles. The van der Waals surface area contributed by atoms with Crippen molar-refractivity contribution in [3.05, 3.63) is 18.2 Å². The third kappa shape index (κ3) is 3.45. The molecule has 1 fully saturated rings. The summed E-state index contributed by atoms with van der Waals surface area (Å²) in [6.45, 7) is 10.6. The lowest BCUT2D eigenvalue weighted by atomic mass is 10.2. The van der Waals surface area contributed by atoms with Gasteiger partial charge in [-0.05, 0) is 19.8 Å². The average molecular weight is 396 g/mol. The maximum Gasteiger partial charge on any atom is 0.224 e. The van der Waals surface area contributed by atoms with Crippen molar-refractivity contribution in [3.63, 3.8) is 0 Å². The second kappa shape index (κ2) is 7.46. The first-order valence-electron chi connectivity index (χ1n) is 10.1. The Hall–Kier alpha value is -2.97. The predicted octanol–water partition coefficient (Wildman–Crippen LogP) is 2.22. The van der Waals surface area contributed by atoms with Gasteiger partial charge in [0.2, 0.25) is 5.91 Å². The van der Waals surface area contributed by atoms with Crippen LogP contribution in [-0.2, 0) is 18.4 Å². The van der Waals surface area contributed by atoms with E-state index in [0.29, 0.717) is 30.2 Å². The maximum atomic E-state index is 12.3. The van der Waals surface area contributed by atoms with Gasteiger partial charge in [-0.15, -0.1) is 0 Å². The number of aromatic nitrogens is 6. The van der Waals surface area contributed by atoms with Gasteiger partial charge in [0.25, 0.3) is 0 Å². The van der Waals surface area contributed by atoms with E-state index >= 15 is 0 Å². The highest BCUT2D eigenvalue weighted by Crippen LogP contribution is 2.28. The van der Waals surface area contributed by atoms with Gasteiger partial charge in [-0.2, -0.15) is 5.10 Å². The fourth-order valence-electron chi connectivity index (χ4n) is 4.01. The molecular weight excluding hydrogens is 368 g/mol. The van der Waals surface area contributed by atoms with E-state index in [1.54, 1.807) is 6.33 Å². The van der Waals surface area contributed by atoms with Crippen LogP contribution in [0.5, 0.6) is 0 Å². The number of carbonyl (C=O) groups is 1. The summed E-state index contributed by atoms with van der Waals surface area (Å²) in [7, 11) is 1.95. The summed E-state index contributed by atoms with van der Waals surface area (Å²) in [5.41, 5.74) is 3.52. The zero-order valence-electron chi connectivity index (χ0n) is 17.7. The Kier molecular flexibility index (Phi) is 4.97. The van der Waals surface area contributed by atoms with Gasteiger partial charge in [0, 0.05) is 38.8 Å². The summed E-state index contributed by atoms with van der Waals surface area (Å²) < 4.78 is 3.92. The van der Waals surface area contributed by atoms with Crippen LogP contribution < -0.4 is 5.32 Å². The molecule has 1 aliphatic rings. The van der Waals surface area contributed by atoms with Gasteiger partial charge in [-0.25, -0.2) is 15.0 Å². The van der Waals surface area contributed by atoms with E-state index in [-0.39, 0.29) is 11.9 Å². The van der Waals surface area contributed by atoms with Crippen LogP contribution in [0.3, 0.4) is 0 Å². The molecule has 1 atom stereocenters. The number of likely N-dealkylation sites (tertiary alicyclic amines) is 1. The summed E-state index contributed by atoms with van der Waals surface area (Å²) >= 11 is 0. The van der Waals surface area contributed by atoms with Crippen LogP contribution in [0.4, 0.5) is 5.82 Å². The normalized spacial score (nSPS) is 17.1. The maximum absolute atomic E-state index is 12.3. The molecule has 154 valence electrons. The zero-order chi connectivity index (χ0) is 20.7. The molecule has 0 bridgehead atoms. The molecule has 4 heterocycles. The topological polar surface area (TPSA) is 93.8 Å². The van der Waals surface area contributed by atoms with Gasteiger partial charge in [0.05, 0.1) is 17.8 Å². The van der Waals surface area contributed by atoms with Gasteiger partial charge in [-0.1, -0.05) is 13.8 Å². The van der Waals surface area contributed by atoms with Crippen molar-refractivity contribution >= 4 is 22.9 Å². The first-order chi connectivity index (χ1) is 13.9. The number of amides is 1. The van der Waals surface area contributed by atoms with E-state index < -0.39 is 0 Å². The minimum Gasteiger partial charge on any atom is -0.363 e. The molecule has 9 heteroatoms. The van der Waals surface area contributed by atoms with Gasteiger partial charge >= 0.3 is 0 Å². The molecule has 1 amide bonds. The van der Waals surface area contributed by atoms with Crippen molar-refractivity contribution in [2.75, 3.05) is 18.4 Å². The van der Waals surface area contributed by atoms with Gasteiger partial charge in [0.15, 0.2) is 17.0 Å². The number of nitrogens with one attached hydrogen (secondary N) is 1. The number of fused-ring (bicyclic) bond motifs is 1. The van der Waals surface area contributed by atoms with Crippen molar-refractivity contribution in [2.45, 2.75) is 46.7 Å². The molecule has 4 rings (SSSR count). The van der Waals surface area contributed by atoms with Gasteiger partial charge in [-0.3, -0.25) is 9.48 Å². The fraction of sp³-hybridized carbons (Fsp3) is 0.550. The zero-order valence-corrected chi connectivity index (χ0v) is 17.7. The molecule has 0 saturated carbocycles. The summed E-state index contributed by atoms with van der Waals surface area (Å²) in [4.78, 5) is 27.9. The number of carbonyl (C=O) groups excluding carboxylic acids is 1. The van der Waals surface area contributed by atoms with E-state index in [4.69, 9.17) is 4.98 Å². The Morgan fingerprint density at radius 1 is 1.31 bits per heavy atom. The molecular formula is C20H28N8O. The van der Waals surface area contributed by atoms with Crippen molar-refractivity contribution < 1.29 is 4.79 Å². The molecule has 9 nitrogen and oxygen atoms in total. The minimum absolute atomic E-state index is 0.0226. The number of rotatable bonds is 6. The highest BCUT2D eigenvalue weighted by Gasteiger charge is 2.30. The Morgan fingerprint density at radius 2 is 2.10 bits per heavy atom. The number of nitrogens with zero attached hydrogens (tertiary/aromatic N) is 7. The van der Waals surface area contributed by atoms with Gasteiger partial charge < -0.3 is 14.8 Å². The summed E-state index contributed by atoms with van der Waals surface area (Å²) in [6.07, 6.45) is 3.86. The average Bonchev–Trinajstić information content (AvgIpc) is 3.31. The van der Waals surface area contributed by atoms with Crippen LogP contribution in [0.2, 0.25) is 0 Å². The highest BCUT2D eigenvalue weighted by molar-refractivity contribution is 5.87. The quantitative estimate of drug-likeness (QED) is 0.687. The Morgan fingerprint density at radius 3 is 2.79 bits per heavy atom. The molecule has 0 radical (unpaired) electrons. The molecule has 3 aromatic heterocycles. The summed E-state index contributed by atoms with van der Waals surface area (Å²) in [5.74, 6) is 2.12. The van der Waals surface area contributed by atoms with E-state index in [0.717, 1.165) is 35.8 Å². The third-order valence-electron chi connectivity index (χ3n) is 5.44. The van der Waals surface area contributed by atoms with Crippen molar-refractivity contribution in [2.24, 2.45) is 13.0 Å². The second-order valence-corrected chi connectivity index (χ2v) is 8.09. The Bertz CT molecular complexity index is 1050. The van der Waals surface area contributed by atoms with E-state index in [1.165, 1.54) is 0 Å².